The van der Waals surface area contributed by atoms with Gasteiger partial charge in [-0.2, -0.15) is 0 Å². The van der Waals surface area contributed by atoms with E-state index in [0.717, 1.165) is 5.56 Å². The Morgan fingerprint density at radius 2 is 1.68 bits per heavy atom. The minimum atomic E-state index is -0.451. The standard InChI is InChI=1S/C19H21FN2O3/c20-16-6-8-17(9-7-16)25-13-11-19(24)22(12-10-18(21)23)14-15-4-2-1-3-5-15/h1-9H,10-14H2,(H2,21,23). The highest BCUT2D eigenvalue weighted by atomic mass is 19.1. The Bertz CT molecular complexity index is 690. The molecule has 0 saturated heterocycles. The van der Waals surface area contributed by atoms with Crippen LogP contribution in [0.1, 0.15) is 18.4 Å². The second kappa shape index (κ2) is 9.42. The molecule has 0 spiro atoms. The fourth-order valence-corrected chi connectivity index (χ4v) is 2.29. The lowest BCUT2D eigenvalue weighted by molar-refractivity contribution is -0.132. The third kappa shape index (κ3) is 6.63. The van der Waals surface area contributed by atoms with E-state index in [-0.39, 0.29) is 37.7 Å². The van der Waals surface area contributed by atoms with Gasteiger partial charge in [-0.05, 0) is 29.8 Å². The maximum absolute atomic E-state index is 12.8. The van der Waals surface area contributed by atoms with E-state index in [1.54, 1.807) is 4.90 Å². The lowest BCUT2D eigenvalue weighted by Gasteiger charge is -2.22. The van der Waals surface area contributed by atoms with Gasteiger partial charge in [-0.3, -0.25) is 9.59 Å². The number of nitrogens with two attached hydrogens (primary N) is 1. The Labute approximate surface area is 146 Å². The van der Waals surface area contributed by atoms with Crippen molar-refractivity contribution in [2.24, 2.45) is 5.73 Å². The summed E-state index contributed by atoms with van der Waals surface area (Å²) in [5, 5.41) is 0. The number of ether oxygens (including phenoxy) is 1. The lowest BCUT2D eigenvalue weighted by Crippen LogP contribution is -2.34. The van der Waals surface area contributed by atoms with Gasteiger partial charge >= 0.3 is 0 Å². The average molecular weight is 344 g/mol. The first-order chi connectivity index (χ1) is 12.0. The molecule has 2 aromatic rings. The van der Waals surface area contributed by atoms with E-state index < -0.39 is 5.91 Å². The van der Waals surface area contributed by atoms with Crippen molar-refractivity contribution in [3.63, 3.8) is 0 Å². The summed E-state index contributed by atoms with van der Waals surface area (Å²) < 4.78 is 18.3. The Kier molecular flexibility index (Phi) is 6.95. The van der Waals surface area contributed by atoms with Crippen LogP contribution in [0.2, 0.25) is 0 Å². The van der Waals surface area contributed by atoms with Crippen molar-refractivity contribution in [1.29, 1.82) is 0 Å². The quantitative estimate of drug-likeness (QED) is 0.760. The zero-order valence-electron chi connectivity index (χ0n) is 13.9. The van der Waals surface area contributed by atoms with Crippen LogP contribution in [0.15, 0.2) is 54.6 Å². The van der Waals surface area contributed by atoms with Gasteiger partial charge in [0.2, 0.25) is 11.8 Å². The zero-order chi connectivity index (χ0) is 18.1. The molecule has 0 aliphatic rings. The highest BCUT2D eigenvalue weighted by Gasteiger charge is 2.15. The van der Waals surface area contributed by atoms with Gasteiger partial charge in [-0.15, -0.1) is 0 Å². The summed E-state index contributed by atoms with van der Waals surface area (Å²) in [5.41, 5.74) is 6.16. The molecular weight excluding hydrogens is 323 g/mol. The van der Waals surface area contributed by atoms with Gasteiger partial charge in [-0.25, -0.2) is 4.39 Å². The second-order valence-electron chi connectivity index (χ2n) is 5.57. The van der Waals surface area contributed by atoms with Gasteiger partial charge in [0.25, 0.3) is 0 Å². The Hall–Kier alpha value is -2.89. The third-order valence-corrected chi connectivity index (χ3v) is 3.60. The van der Waals surface area contributed by atoms with Crippen LogP contribution in [0.25, 0.3) is 0 Å². The molecule has 2 rings (SSSR count). The van der Waals surface area contributed by atoms with E-state index >= 15 is 0 Å². The van der Waals surface area contributed by atoms with Gasteiger partial charge in [0.15, 0.2) is 0 Å². The van der Waals surface area contributed by atoms with Crippen LogP contribution < -0.4 is 10.5 Å². The monoisotopic (exact) mass is 344 g/mol. The fourth-order valence-electron chi connectivity index (χ4n) is 2.29. The van der Waals surface area contributed by atoms with Gasteiger partial charge in [0, 0.05) is 19.5 Å². The summed E-state index contributed by atoms with van der Waals surface area (Å²) in [7, 11) is 0. The predicted molar refractivity (Wildman–Crippen MR) is 92.2 cm³/mol. The smallest absolute Gasteiger partial charge is 0.226 e. The first-order valence-electron chi connectivity index (χ1n) is 8.03. The highest BCUT2D eigenvalue weighted by molar-refractivity contribution is 5.78. The number of carbonyl (C=O) groups is 2. The molecule has 25 heavy (non-hydrogen) atoms. The molecule has 2 aromatic carbocycles. The summed E-state index contributed by atoms with van der Waals surface area (Å²) in [4.78, 5) is 25.1. The fraction of sp³-hybridized carbons (Fsp3) is 0.263. The molecular formula is C19H21FN2O3. The number of nitrogens with zero attached hydrogens (tertiary/aromatic N) is 1. The molecule has 0 aliphatic carbocycles. The number of benzene rings is 2. The predicted octanol–water partition coefficient (Wildman–Crippen LogP) is 2.50. The summed E-state index contributed by atoms with van der Waals surface area (Å²) in [6.45, 7) is 0.843. The Morgan fingerprint density at radius 1 is 1.00 bits per heavy atom. The van der Waals surface area contributed by atoms with Gasteiger partial charge < -0.3 is 15.4 Å². The van der Waals surface area contributed by atoms with Crippen LogP contribution in [-0.2, 0) is 16.1 Å². The lowest BCUT2D eigenvalue weighted by atomic mass is 10.2. The molecule has 0 saturated carbocycles. The molecule has 2 N–H and O–H groups in total. The maximum atomic E-state index is 12.8. The molecule has 0 atom stereocenters. The molecule has 0 bridgehead atoms. The molecule has 6 heteroatoms. The number of rotatable bonds is 9. The van der Waals surface area contributed by atoms with Crippen LogP contribution in [0, 0.1) is 5.82 Å². The number of carbonyl (C=O) groups excluding carboxylic acids is 2. The SMILES string of the molecule is NC(=O)CCN(Cc1ccccc1)C(=O)CCOc1ccc(F)cc1. The van der Waals surface area contributed by atoms with Crippen molar-refractivity contribution in [2.45, 2.75) is 19.4 Å². The molecule has 0 aromatic heterocycles. The molecule has 5 nitrogen and oxygen atoms in total. The van der Waals surface area contributed by atoms with Gasteiger partial charge in [0.05, 0.1) is 13.0 Å². The van der Waals surface area contributed by atoms with E-state index in [1.165, 1.54) is 24.3 Å². The molecule has 0 unspecified atom stereocenters. The van der Waals surface area contributed by atoms with Crippen LogP contribution in [0.3, 0.4) is 0 Å². The number of hydrogen-bond acceptors (Lipinski definition) is 3. The van der Waals surface area contributed by atoms with Gasteiger partial charge in [-0.1, -0.05) is 30.3 Å². The zero-order valence-corrected chi connectivity index (χ0v) is 13.9. The molecule has 0 heterocycles. The van der Waals surface area contributed by atoms with Gasteiger partial charge in [0.1, 0.15) is 11.6 Å². The first kappa shape index (κ1) is 18.4. The number of primary amides is 1. The highest BCUT2D eigenvalue weighted by Crippen LogP contribution is 2.12. The van der Waals surface area contributed by atoms with E-state index in [4.69, 9.17) is 10.5 Å². The number of hydrogen-bond donors (Lipinski definition) is 1. The molecule has 2 amide bonds. The third-order valence-electron chi connectivity index (χ3n) is 3.60. The van der Waals surface area contributed by atoms with E-state index in [0.29, 0.717) is 12.3 Å². The van der Waals surface area contributed by atoms with E-state index in [2.05, 4.69) is 0 Å². The van der Waals surface area contributed by atoms with Crippen LogP contribution >= 0.6 is 0 Å². The largest absolute Gasteiger partial charge is 0.493 e. The van der Waals surface area contributed by atoms with Crippen molar-refractivity contribution >= 4 is 11.8 Å². The van der Waals surface area contributed by atoms with Crippen LogP contribution in [0.5, 0.6) is 5.75 Å². The summed E-state index contributed by atoms with van der Waals surface area (Å²) in [6, 6.07) is 15.1. The van der Waals surface area contributed by atoms with E-state index in [9.17, 15) is 14.0 Å². The maximum Gasteiger partial charge on any atom is 0.226 e. The van der Waals surface area contributed by atoms with Crippen molar-refractivity contribution in [3.05, 3.63) is 66.0 Å². The van der Waals surface area contributed by atoms with Crippen molar-refractivity contribution in [2.75, 3.05) is 13.2 Å². The first-order valence-corrected chi connectivity index (χ1v) is 8.03. The minimum Gasteiger partial charge on any atom is -0.493 e. The molecule has 0 fully saturated rings. The Morgan fingerprint density at radius 3 is 2.32 bits per heavy atom. The molecule has 132 valence electrons. The summed E-state index contributed by atoms with van der Waals surface area (Å²) >= 11 is 0. The van der Waals surface area contributed by atoms with Crippen LogP contribution in [-0.4, -0.2) is 29.9 Å². The normalized spacial score (nSPS) is 10.3. The van der Waals surface area contributed by atoms with Crippen molar-refractivity contribution < 1.29 is 18.7 Å². The second-order valence-corrected chi connectivity index (χ2v) is 5.57. The Balaban J connectivity index is 1.89. The van der Waals surface area contributed by atoms with Crippen molar-refractivity contribution in [1.82, 2.24) is 4.90 Å². The van der Waals surface area contributed by atoms with Crippen molar-refractivity contribution in [3.8, 4) is 5.75 Å². The van der Waals surface area contributed by atoms with E-state index in [1.807, 2.05) is 30.3 Å². The molecule has 0 aliphatic heterocycles. The average Bonchev–Trinajstić information content (AvgIpc) is 2.61. The van der Waals surface area contributed by atoms with Crippen LogP contribution in [0.4, 0.5) is 4.39 Å². The summed E-state index contributed by atoms with van der Waals surface area (Å²) in [6.07, 6.45) is 0.264. The number of halogens is 1. The molecule has 0 radical (unpaired) electrons. The number of amides is 2. The topological polar surface area (TPSA) is 72.6 Å². The summed E-state index contributed by atoms with van der Waals surface area (Å²) in [5.74, 6) is -0.425. The minimum absolute atomic E-state index is 0.109.